The van der Waals surface area contributed by atoms with E-state index in [1.807, 2.05) is 18.2 Å². The fourth-order valence-corrected chi connectivity index (χ4v) is 1.66. The number of nitrogen functional groups attached to an aromatic ring is 1. The summed E-state index contributed by atoms with van der Waals surface area (Å²) in [5.74, 6) is 0.385. The third kappa shape index (κ3) is 4.65. The molecular weight excluding hydrogens is 266 g/mol. The Bertz CT molecular complexity index is 619. The van der Waals surface area contributed by atoms with Crippen LogP contribution in [0.1, 0.15) is 11.1 Å². The predicted molar refractivity (Wildman–Crippen MR) is 82.5 cm³/mol. The average molecular weight is 283 g/mol. The second-order valence-corrected chi connectivity index (χ2v) is 4.43. The topological polar surface area (TPSA) is 77.2 Å². The molecule has 108 valence electrons. The van der Waals surface area contributed by atoms with Gasteiger partial charge in [-0.2, -0.15) is 0 Å². The summed E-state index contributed by atoms with van der Waals surface area (Å²) in [7, 11) is 1.56. The molecule has 2 rings (SSSR count). The summed E-state index contributed by atoms with van der Waals surface area (Å²) < 4.78 is 4.97. The molecule has 0 bridgehead atoms. The van der Waals surface area contributed by atoms with Gasteiger partial charge in [-0.25, -0.2) is 4.98 Å². The monoisotopic (exact) mass is 283 g/mol. The van der Waals surface area contributed by atoms with E-state index in [4.69, 9.17) is 10.5 Å². The minimum atomic E-state index is -0.164. The lowest BCUT2D eigenvalue weighted by Gasteiger charge is -2.03. The van der Waals surface area contributed by atoms with E-state index in [1.165, 1.54) is 6.08 Å². The first-order valence-corrected chi connectivity index (χ1v) is 6.48. The van der Waals surface area contributed by atoms with Crippen LogP contribution in [0.25, 0.3) is 6.08 Å². The maximum Gasteiger partial charge on any atom is 0.244 e. The number of benzene rings is 1. The molecule has 0 aliphatic rings. The van der Waals surface area contributed by atoms with Gasteiger partial charge in [0.2, 0.25) is 11.8 Å². The smallest absolute Gasteiger partial charge is 0.244 e. The normalized spacial score (nSPS) is 10.5. The molecule has 1 heterocycles. The van der Waals surface area contributed by atoms with E-state index in [9.17, 15) is 4.79 Å². The number of pyridine rings is 1. The highest BCUT2D eigenvalue weighted by Crippen LogP contribution is 2.07. The Morgan fingerprint density at radius 1 is 1.29 bits per heavy atom. The third-order valence-electron chi connectivity index (χ3n) is 2.84. The van der Waals surface area contributed by atoms with Crippen molar-refractivity contribution in [3.05, 3.63) is 59.8 Å². The number of nitrogens with one attached hydrogen (secondary N) is 1. The molecule has 0 atom stereocenters. The molecule has 0 aliphatic carbocycles. The van der Waals surface area contributed by atoms with E-state index < -0.39 is 0 Å². The fraction of sp³-hybridized carbons (Fsp3) is 0.125. The van der Waals surface area contributed by atoms with Crippen LogP contribution in [0.3, 0.4) is 0 Å². The van der Waals surface area contributed by atoms with Gasteiger partial charge < -0.3 is 15.8 Å². The van der Waals surface area contributed by atoms with Gasteiger partial charge in [-0.1, -0.05) is 18.2 Å². The first-order valence-electron chi connectivity index (χ1n) is 6.48. The van der Waals surface area contributed by atoms with Crippen molar-refractivity contribution in [2.24, 2.45) is 0 Å². The zero-order valence-corrected chi connectivity index (χ0v) is 11.7. The summed E-state index contributed by atoms with van der Waals surface area (Å²) in [5, 5.41) is 2.79. The Morgan fingerprint density at radius 3 is 2.67 bits per heavy atom. The van der Waals surface area contributed by atoms with E-state index in [1.54, 1.807) is 37.6 Å². The molecule has 0 radical (unpaired) electrons. The molecule has 1 aromatic carbocycles. The summed E-state index contributed by atoms with van der Waals surface area (Å²) in [6, 6.07) is 10.9. The summed E-state index contributed by atoms with van der Waals surface area (Å²) >= 11 is 0. The van der Waals surface area contributed by atoms with Gasteiger partial charge in [-0.05, 0) is 29.3 Å². The van der Waals surface area contributed by atoms with Crippen LogP contribution in [0.5, 0.6) is 5.88 Å². The number of nitrogens with zero attached hydrogens (tertiary/aromatic N) is 1. The van der Waals surface area contributed by atoms with E-state index >= 15 is 0 Å². The summed E-state index contributed by atoms with van der Waals surface area (Å²) in [4.78, 5) is 15.8. The predicted octanol–water partition coefficient (Wildman–Crippen LogP) is 2.00. The number of amides is 1. The molecule has 21 heavy (non-hydrogen) atoms. The number of anilines is 1. The average Bonchev–Trinajstić information content (AvgIpc) is 2.53. The lowest BCUT2D eigenvalue weighted by atomic mass is 10.2. The van der Waals surface area contributed by atoms with Crippen molar-refractivity contribution in [1.29, 1.82) is 0 Å². The standard InChI is InChI=1S/C16H17N3O2/c1-21-16-9-5-13(11-19-16)10-18-15(20)8-4-12-2-6-14(17)7-3-12/h2-9,11H,10,17H2,1H3,(H,18,20)/b8-4+. The van der Waals surface area contributed by atoms with E-state index in [0.717, 1.165) is 11.1 Å². The number of methoxy groups -OCH3 is 1. The molecule has 1 amide bonds. The zero-order chi connectivity index (χ0) is 15.1. The highest BCUT2D eigenvalue weighted by molar-refractivity contribution is 5.91. The second-order valence-electron chi connectivity index (χ2n) is 4.43. The quantitative estimate of drug-likeness (QED) is 0.650. The van der Waals surface area contributed by atoms with Gasteiger partial charge in [0.1, 0.15) is 0 Å². The molecule has 0 spiro atoms. The van der Waals surface area contributed by atoms with Crippen LogP contribution in [-0.4, -0.2) is 18.0 Å². The second kappa shape index (κ2) is 7.09. The lowest BCUT2D eigenvalue weighted by Crippen LogP contribution is -2.20. The number of aromatic nitrogens is 1. The van der Waals surface area contributed by atoms with Gasteiger partial charge in [0.15, 0.2) is 0 Å². The van der Waals surface area contributed by atoms with Crippen molar-refractivity contribution in [2.45, 2.75) is 6.54 Å². The van der Waals surface area contributed by atoms with Crippen LogP contribution in [0, 0.1) is 0 Å². The van der Waals surface area contributed by atoms with Crippen LogP contribution < -0.4 is 15.8 Å². The molecule has 3 N–H and O–H groups in total. The van der Waals surface area contributed by atoms with Crippen LogP contribution >= 0.6 is 0 Å². The number of nitrogens with two attached hydrogens (primary N) is 1. The Hall–Kier alpha value is -2.82. The molecular formula is C16H17N3O2. The molecule has 2 aromatic rings. The Balaban J connectivity index is 1.85. The van der Waals surface area contributed by atoms with Crippen LogP contribution in [0.2, 0.25) is 0 Å². The van der Waals surface area contributed by atoms with Gasteiger partial charge in [0, 0.05) is 30.6 Å². The number of ether oxygens (including phenoxy) is 1. The Morgan fingerprint density at radius 2 is 2.05 bits per heavy atom. The fourth-order valence-electron chi connectivity index (χ4n) is 1.66. The minimum absolute atomic E-state index is 0.164. The molecule has 0 saturated carbocycles. The maximum atomic E-state index is 11.7. The lowest BCUT2D eigenvalue weighted by molar-refractivity contribution is -0.116. The number of carbonyl (C=O) groups excluding carboxylic acids is 1. The number of hydrogen-bond donors (Lipinski definition) is 2. The first kappa shape index (κ1) is 14.6. The van der Waals surface area contributed by atoms with Crippen molar-refractivity contribution in [3.63, 3.8) is 0 Å². The highest BCUT2D eigenvalue weighted by atomic mass is 16.5. The molecule has 0 unspecified atom stereocenters. The van der Waals surface area contributed by atoms with E-state index in [2.05, 4.69) is 10.3 Å². The highest BCUT2D eigenvalue weighted by Gasteiger charge is 1.98. The van der Waals surface area contributed by atoms with Crippen molar-refractivity contribution >= 4 is 17.7 Å². The minimum Gasteiger partial charge on any atom is -0.481 e. The van der Waals surface area contributed by atoms with E-state index in [-0.39, 0.29) is 5.91 Å². The molecule has 5 heteroatoms. The zero-order valence-electron chi connectivity index (χ0n) is 11.7. The van der Waals surface area contributed by atoms with Gasteiger partial charge in [-0.15, -0.1) is 0 Å². The van der Waals surface area contributed by atoms with Crippen molar-refractivity contribution < 1.29 is 9.53 Å². The third-order valence-corrected chi connectivity index (χ3v) is 2.84. The SMILES string of the molecule is COc1ccc(CNC(=O)/C=C/c2ccc(N)cc2)cn1. The van der Waals surface area contributed by atoms with Crippen LogP contribution in [0.15, 0.2) is 48.7 Å². The number of carbonyl (C=O) groups is 1. The van der Waals surface area contributed by atoms with Crippen LogP contribution in [-0.2, 0) is 11.3 Å². The molecule has 0 aliphatic heterocycles. The van der Waals surface area contributed by atoms with E-state index in [0.29, 0.717) is 18.1 Å². The van der Waals surface area contributed by atoms with Gasteiger partial charge in [-0.3, -0.25) is 4.79 Å². The van der Waals surface area contributed by atoms with Crippen LogP contribution in [0.4, 0.5) is 5.69 Å². The van der Waals surface area contributed by atoms with Gasteiger partial charge in [0.25, 0.3) is 0 Å². The van der Waals surface area contributed by atoms with Gasteiger partial charge in [0.05, 0.1) is 7.11 Å². The van der Waals surface area contributed by atoms with Crippen molar-refractivity contribution in [1.82, 2.24) is 10.3 Å². The van der Waals surface area contributed by atoms with Crippen molar-refractivity contribution in [3.8, 4) is 5.88 Å². The molecule has 0 saturated heterocycles. The largest absolute Gasteiger partial charge is 0.481 e. The van der Waals surface area contributed by atoms with Gasteiger partial charge >= 0.3 is 0 Å². The van der Waals surface area contributed by atoms with Crippen molar-refractivity contribution in [2.75, 3.05) is 12.8 Å². The summed E-state index contributed by atoms with van der Waals surface area (Å²) in [6.07, 6.45) is 4.90. The molecule has 1 aromatic heterocycles. The molecule has 5 nitrogen and oxygen atoms in total. The summed E-state index contributed by atoms with van der Waals surface area (Å²) in [6.45, 7) is 0.419. The number of hydrogen-bond acceptors (Lipinski definition) is 4. The maximum absolute atomic E-state index is 11.7. The number of rotatable bonds is 5. The summed E-state index contributed by atoms with van der Waals surface area (Å²) in [5.41, 5.74) is 8.12. The Labute approximate surface area is 123 Å². The first-order chi connectivity index (χ1) is 10.2. The molecule has 0 fully saturated rings. The Kier molecular flexibility index (Phi) is 4.93.